The summed E-state index contributed by atoms with van der Waals surface area (Å²) < 4.78 is 0. The van der Waals surface area contributed by atoms with Gasteiger partial charge in [-0.25, -0.2) is 9.59 Å². The maximum Gasteiger partial charge on any atom is 0.335 e. The van der Waals surface area contributed by atoms with Gasteiger partial charge in [-0.15, -0.1) is 0 Å². The minimum Gasteiger partial charge on any atom is -0.478 e. The second-order valence-electron chi connectivity index (χ2n) is 5.44. The molecule has 0 radical (unpaired) electrons. The van der Waals surface area contributed by atoms with E-state index >= 15 is 0 Å². The van der Waals surface area contributed by atoms with Crippen molar-refractivity contribution in [3.05, 3.63) is 71.8 Å². The number of carbonyl (C=O) groups is 2. The Balaban J connectivity index is 0.000000376. The molecule has 0 saturated carbocycles. The summed E-state index contributed by atoms with van der Waals surface area (Å²) in [6.45, 7) is 0.156. The number of carboxylic acid groups (broad SMARTS) is 2. The summed E-state index contributed by atoms with van der Waals surface area (Å²) >= 11 is 0. The molecule has 5 N–H and O–H groups in total. The predicted octanol–water partition coefficient (Wildman–Crippen LogP) is 2.13. The van der Waals surface area contributed by atoms with Gasteiger partial charge in [0.1, 0.15) is 0 Å². The molecule has 0 heterocycles. The molecule has 0 aliphatic carbocycles. The fraction of sp³-hybridized carbons (Fsp3) is 0.300. The maximum absolute atomic E-state index is 10.2. The van der Waals surface area contributed by atoms with Crippen LogP contribution in [0.4, 0.5) is 0 Å². The van der Waals surface area contributed by atoms with Crippen LogP contribution in [0.15, 0.2) is 60.7 Å². The van der Waals surface area contributed by atoms with Crippen molar-refractivity contribution in [2.24, 2.45) is 5.92 Å². The van der Waals surface area contributed by atoms with Gasteiger partial charge in [0.05, 0.1) is 11.1 Å². The van der Waals surface area contributed by atoms with E-state index in [-0.39, 0.29) is 25.7 Å². The predicted molar refractivity (Wildman–Crippen MR) is 101 cm³/mol. The molecule has 0 aliphatic rings. The average Bonchev–Trinajstić information content (AvgIpc) is 2.71. The van der Waals surface area contributed by atoms with Crippen molar-refractivity contribution in [3.63, 3.8) is 0 Å². The van der Waals surface area contributed by atoms with E-state index in [1.165, 1.54) is 0 Å². The minimum atomic E-state index is -0.879. The van der Waals surface area contributed by atoms with Gasteiger partial charge in [0.2, 0.25) is 0 Å². The van der Waals surface area contributed by atoms with Crippen LogP contribution in [0.3, 0.4) is 0 Å². The summed E-state index contributed by atoms with van der Waals surface area (Å²) in [6, 6.07) is 16.6. The molecule has 148 valence electrons. The molecule has 2 aromatic carbocycles. The third kappa shape index (κ3) is 12.3. The zero-order chi connectivity index (χ0) is 20.5. The lowest BCUT2D eigenvalue weighted by atomic mass is 10.1. The van der Waals surface area contributed by atoms with Gasteiger partial charge in [-0.05, 0) is 37.1 Å². The molecular weight excluding hydrogens is 352 g/mol. The Morgan fingerprint density at radius 1 is 0.704 bits per heavy atom. The van der Waals surface area contributed by atoms with Crippen LogP contribution < -0.4 is 0 Å². The van der Waals surface area contributed by atoms with Crippen LogP contribution in [0.2, 0.25) is 0 Å². The first-order valence-electron chi connectivity index (χ1n) is 8.35. The van der Waals surface area contributed by atoms with Gasteiger partial charge in [-0.3, -0.25) is 0 Å². The highest BCUT2D eigenvalue weighted by Gasteiger charge is 2.03. The van der Waals surface area contributed by atoms with Gasteiger partial charge in [0.15, 0.2) is 0 Å². The third-order valence-electron chi connectivity index (χ3n) is 3.33. The first kappa shape index (κ1) is 24.3. The highest BCUT2D eigenvalue weighted by atomic mass is 16.4. The van der Waals surface area contributed by atoms with Gasteiger partial charge in [-0.2, -0.15) is 0 Å². The van der Waals surface area contributed by atoms with Gasteiger partial charge in [-0.1, -0.05) is 36.4 Å². The fourth-order valence-corrected chi connectivity index (χ4v) is 1.78. The van der Waals surface area contributed by atoms with Gasteiger partial charge in [0.25, 0.3) is 0 Å². The summed E-state index contributed by atoms with van der Waals surface area (Å²) in [6.07, 6.45) is 1.36. The monoisotopic (exact) mass is 378 g/mol. The van der Waals surface area contributed by atoms with E-state index in [9.17, 15) is 9.59 Å². The number of benzene rings is 2. The molecule has 0 aliphatic heterocycles. The molecule has 0 unspecified atom stereocenters. The summed E-state index contributed by atoms with van der Waals surface area (Å²) in [5.74, 6) is -1.80. The van der Waals surface area contributed by atoms with E-state index in [1.807, 2.05) is 0 Å². The summed E-state index contributed by atoms with van der Waals surface area (Å²) in [5.41, 5.74) is 0.662. The SMILES string of the molecule is O=C(O)c1ccccc1.O=C(O)c1ccccc1.OCCCC(CO)CO. The van der Waals surface area contributed by atoms with E-state index in [1.54, 1.807) is 60.7 Å². The largest absolute Gasteiger partial charge is 0.478 e. The normalized spacial score (nSPS) is 9.48. The van der Waals surface area contributed by atoms with Crippen LogP contribution in [0.1, 0.15) is 33.6 Å². The van der Waals surface area contributed by atoms with Crippen LogP contribution in [0.25, 0.3) is 0 Å². The summed E-state index contributed by atoms with van der Waals surface area (Å²) in [4.78, 5) is 20.4. The van der Waals surface area contributed by atoms with Gasteiger partial charge < -0.3 is 25.5 Å². The van der Waals surface area contributed by atoms with Crippen molar-refractivity contribution >= 4 is 11.9 Å². The second kappa shape index (κ2) is 15.5. The molecule has 0 fully saturated rings. The first-order valence-corrected chi connectivity index (χ1v) is 8.35. The second-order valence-corrected chi connectivity index (χ2v) is 5.44. The zero-order valence-electron chi connectivity index (χ0n) is 14.9. The number of aliphatic hydroxyl groups is 3. The summed E-state index contributed by atoms with van der Waals surface area (Å²) in [7, 11) is 0. The molecular formula is C20H26O7. The Kier molecular flexibility index (Phi) is 13.9. The molecule has 0 atom stereocenters. The van der Waals surface area contributed by atoms with Gasteiger partial charge >= 0.3 is 11.9 Å². The standard InChI is InChI=1S/2C7H6O2.C6H14O3/c2*8-7(9)6-4-2-1-3-5-6;7-3-1-2-6(4-8)5-9/h2*1-5H,(H,8,9);6-9H,1-5H2. The zero-order valence-corrected chi connectivity index (χ0v) is 14.9. The van der Waals surface area contributed by atoms with Crippen molar-refractivity contribution < 1.29 is 35.1 Å². The molecule has 2 aromatic rings. The minimum absolute atomic E-state index is 0.0104. The number of carboxylic acids is 2. The Morgan fingerprint density at radius 2 is 1.07 bits per heavy atom. The summed E-state index contributed by atoms with van der Waals surface area (Å²) in [5, 5.41) is 42.1. The van der Waals surface area contributed by atoms with Crippen LogP contribution in [-0.4, -0.2) is 57.3 Å². The molecule has 7 nitrogen and oxygen atoms in total. The molecule has 0 spiro atoms. The Bertz CT molecular complexity index is 576. The van der Waals surface area contributed by atoms with Crippen LogP contribution in [0.5, 0.6) is 0 Å². The van der Waals surface area contributed by atoms with E-state index in [2.05, 4.69) is 0 Å². The number of aliphatic hydroxyl groups excluding tert-OH is 3. The van der Waals surface area contributed by atoms with E-state index in [0.717, 1.165) is 0 Å². The van der Waals surface area contributed by atoms with Crippen LogP contribution in [0, 0.1) is 5.92 Å². The molecule has 27 heavy (non-hydrogen) atoms. The molecule has 0 amide bonds. The van der Waals surface area contributed by atoms with E-state index in [0.29, 0.717) is 24.0 Å². The van der Waals surface area contributed by atoms with E-state index < -0.39 is 11.9 Å². The van der Waals surface area contributed by atoms with Crippen molar-refractivity contribution in [1.82, 2.24) is 0 Å². The quantitative estimate of drug-likeness (QED) is 0.498. The number of hydrogen-bond donors (Lipinski definition) is 5. The Labute approximate surface area is 158 Å². The number of rotatable bonds is 7. The smallest absolute Gasteiger partial charge is 0.335 e. The van der Waals surface area contributed by atoms with Crippen LogP contribution in [-0.2, 0) is 0 Å². The van der Waals surface area contributed by atoms with Crippen LogP contribution >= 0.6 is 0 Å². The third-order valence-corrected chi connectivity index (χ3v) is 3.33. The highest BCUT2D eigenvalue weighted by Crippen LogP contribution is 2.02. The molecule has 0 aromatic heterocycles. The van der Waals surface area contributed by atoms with Crippen molar-refractivity contribution in [2.45, 2.75) is 12.8 Å². The van der Waals surface area contributed by atoms with Crippen molar-refractivity contribution in [2.75, 3.05) is 19.8 Å². The van der Waals surface area contributed by atoms with Crippen molar-refractivity contribution in [3.8, 4) is 0 Å². The fourth-order valence-electron chi connectivity index (χ4n) is 1.78. The number of aromatic carboxylic acids is 2. The first-order chi connectivity index (χ1) is 13.0. The molecule has 0 bridgehead atoms. The number of hydrogen-bond acceptors (Lipinski definition) is 5. The lowest BCUT2D eigenvalue weighted by Crippen LogP contribution is -2.11. The Hall–Kier alpha value is -2.74. The topological polar surface area (TPSA) is 135 Å². The highest BCUT2D eigenvalue weighted by molar-refractivity contribution is 5.87. The van der Waals surface area contributed by atoms with Crippen molar-refractivity contribution in [1.29, 1.82) is 0 Å². The molecule has 0 saturated heterocycles. The Morgan fingerprint density at radius 3 is 1.30 bits per heavy atom. The van der Waals surface area contributed by atoms with Gasteiger partial charge in [0, 0.05) is 25.7 Å². The lowest BCUT2D eigenvalue weighted by molar-refractivity contribution is 0.0686. The average molecular weight is 378 g/mol. The molecule has 7 heteroatoms. The maximum atomic E-state index is 10.2. The molecule has 2 rings (SSSR count). The lowest BCUT2D eigenvalue weighted by Gasteiger charge is -2.07. The van der Waals surface area contributed by atoms with E-state index in [4.69, 9.17) is 25.5 Å².